The molecular formula is C15H24ClN3O2. The van der Waals surface area contributed by atoms with Gasteiger partial charge in [-0.2, -0.15) is 0 Å². The molecule has 0 aliphatic rings. The van der Waals surface area contributed by atoms with Crippen LogP contribution in [0.25, 0.3) is 0 Å². The van der Waals surface area contributed by atoms with E-state index in [2.05, 4.69) is 24.1 Å². The largest absolute Gasteiger partial charge is 0.397 e. The summed E-state index contributed by atoms with van der Waals surface area (Å²) in [7, 11) is 1.65. The van der Waals surface area contributed by atoms with Crippen LogP contribution in [0.5, 0.6) is 0 Å². The molecular weight excluding hydrogens is 290 g/mol. The highest BCUT2D eigenvalue weighted by Gasteiger charge is 2.16. The molecule has 1 amide bonds. The molecule has 3 N–H and O–H groups in total. The van der Waals surface area contributed by atoms with Crippen molar-refractivity contribution in [1.29, 1.82) is 0 Å². The smallest absolute Gasteiger partial charge is 0.238 e. The van der Waals surface area contributed by atoms with Gasteiger partial charge in [0, 0.05) is 24.7 Å². The first kappa shape index (κ1) is 17.8. The van der Waals surface area contributed by atoms with Gasteiger partial charge in [0.2, 0.25) is 5.91 Å². The van der Waals surface area contributed by atoms with Crippen molar-refractivity contribution >= 4 is 28.9 Å². The van der Waals surface area contributed by atoms with E-state index in [1.54, 1.807) is 25.3 Å². The molecule has 1 aromatic rings. The van der Waals surface area contributed by atoms with Crippen molar-refractivity contribution in [2.45, 2.75) is 26.3 Å². The predicted octanol–water partition coefficient (Wildman–Crippen LogP) is 2.61. The summed E-state index contributed by atoms with van der Waals surface area (Å²) in [5, 5.41) is 3.35. The SMILES string of the molecule is CCC(C)N(CCOC)CC(=O)Nc1cc(Cl)ccc1N. The number of ether oxygens (including phenoxy) is 1. The van der Waals surface area contributed by atoms with Gasteiger partial charge in [0.15, 0.2) is 0 Å². The van der Waals surface area contributed by atoms with E-state index in [0.717, 1.165) is 6.42 Å². The number of rotatable bonds is 8. The number of amides is 1. The summed E-state index contributed by atoms with van der Waals surface area (Å²) < 4.78 is 5.09. The van der Waals surface area contributed by atoms with E-state index in [9.17, 15) is 4.79 Å². The summed E-state index contributed by atoms with van der Waals surface area (Å²) in [4.78, 5) is 14.3. The van der Waals surface area contributed by atoms with E-state index in [0.29, 0.717) is 42.1 Å². The summed E-state index contributed by atoms with van der Waals surface area (Å²) in [6.07, 6.45) is 0.969. The molecule has 6 heteroatoms. The molecule has 0 aliphatic carbocycles. The number of nitrogens with one attached hydrogen (secondary N) is 1. The Morgan fingerprint density at radius 3 is 2.86 bits per heavy atom. The Labute approximate surface area is 131 Å². The maximum atomic E-state index is 12.2. The fraction of sp³-hybridized carbons (Fsp3) is 0.533. The molecule has 0 heterocycles. The van der Waals surface area contributed by atoms with Crippen LogP contribution in [0.15, 0.2) is 18.2 Å². The topological polar surface area (TPSA) is 67.6 Å². The second-order valence-corrected chi connectivity index (χ2v) is 5.44. The number of benzene rings is 1. The minimum absolute atomic E-state index is 0.111. The molecule has 0 bridgehead atoms. The number of hydrogen-bond acceptors (Lipinski definition) is 4. The van der Waals surface area contributed by atoms with E-state index in [1.165, 1.54) is 0 Å². The standard InChI is InChI=1S/C15H24ClN3O2/c1-4-11(2)19(7-8-21-3)10-15(20)18-14-9-12(16)5-6-13(14)17/h5-6,9,11H,4,7-8,10,17H2,1-3H3,(H,18,20). The highest BCUT2D eigenvalue weighted by Crippen LogP contribution is 2.22. The number of halogens is 1. The Morgan fingerprint density at radius 1 is 1.52 bits per heavy atom. The summed E-state index contributed by atoms with van der Waals surface area (Å²) in [5.41, 5.74) is 6.87. The van der Waals surface area contributed by atoms with Crippen molar-refractivity contribution in [3.63, 3.8) is 0 Å². The van der Waals surface area contributed by atoms with Crippen LogP contribution in [0.3, 0.4) is 0 Å². The van der Waals surface area contributed by atoms with Crippen LogP contribution >= 0.6 is 11.6 Å². The molecule has 118 valence electrons. The van der Waals surface area contributed by atoms with E-state index in [1.807, 2.05) is 0 Å². The van der Waals surface area contributed by atoms with Gasteiger partial charge in [-0.1, -0.05) is 18.5 Å². The lowest BCUT2D eigenvalue weighted by Crippen LogP contribution is -2.41. The first-order valence-electron chi connectivity index (χ1n) is 7.05. The summed E-state index contributed by atoms with van der Waals surface area (Å²) in [6.45, 7) is 5.79. The number of nitrogens with two attached hydrogens (primary N) is 1. The Morgan fingerprint density at radius 2 is 2.24 bits per heavy atom. The number of anilines is 2. The summed E-state index contributed by atoms with van der Waals surface area (Å²) >= 11 is 5.91. The Kier molecular flexibility index (Phi) is 7.50. The highest BCUT2D eigenvalue weighted by molar-refractivity contribution is 6.31. The Bertz CT molecular complexity index is 468. The summed E-state index contributed by atoms with van der Waals surface area (Å²) in [6, 6.07) is 5.33. The third-order valence-corrected chi connectivity index (χ3v) is 3.67. The van der Waals surface area contributed by atoms with Crippen molar-refractivity contribution in [3.05, 3.63) is 23.2 Å². The molecule has 1 rings (SSSR count). The number of nitrogen functional groups attached to an aromatic ring is 1. The number of carbonyl (C=O) groups is 1. The van der Waals surface area contributed by atoms with Gasteiger partial charge in [-0.25, -0.2) is 0 Å². The summed E-state index contributed by atoms with van der Waals surface area (Å²) in [5.74, 6) is -0.111. The zero-order valence-electron chi connectivity index (χ0n) is 12.9. The minimum Gasteiger partial charge on any atom is -0.397 e. The minimum atomic E-state index is -0.111. The lowest BCUT2D eigenvalue weighted by atomic mass is 10.2. The van der Waals surface area contributed by atoms with Crippen LogP contribution in [-0.4, -0.2) is 43.7 Å². The monoisotopic (exact) mass is 313 g/mol. The first-order chi connectivity index (χ1) is 9.97. The molecule has 21 heavy (non-hydrogen) atoms. The van der Waals surface area contributed by atoms with Gasteiger partial charge in [0.1, 0.15) is 0 Å². The van der Waals surface area contributed by atoms with Crippen molar-refractivity contribution < 1.29 is 9.53 Å². The molecule has 1 atom stereocenters. The lowest BCUT2D eigenvalue weighted by Gasteiger charge is -2.27. The van der Waals surface area contributed by atoms with Crippen LogP contribution in [0.2, 0.25) is 5.02 Å². The maximum Gasteiger partial charge on any atom is 0.238 e. The van der Waals surface area contributed by atoms with Gasteiger partial charge < -0.3 is 15.8 Å². The fourth-order valence-electron chi connectivity index (χ4n) is 1.93. The predicted molar refractivity (Wildman–Crippen MR) is 87.7 cm³/mol. The maximum absolute atomic E-state index is 12.2. The van der Waals surface area contributed by atoms with E-state index in [4.69, 9.17) is 22.1 Å². The van der Waals surface area contributed by atoms with Gasteiger partial charge >= 0.3 is 0 Å². The molecule has 5 nitrogen and oxygen atoms in total. The second-order valence-electron chi connectivity index (χ2n) is 5.00. The van der Waals surface area contributed by atoms with Gasteiger partial charge in [0.05, 0.1) is 24.5 Å². The van der Waals surface area contributed by atoms with Crippen molar-refractivity contribution in [1.82, 2.24) is 4.90 Å². The average Bonchev–Trinajstić information content (AvgIpc) is 2.46. The van der Waals surface area contributed by atoms with Crippen molar-refractivity contribution in [3.8, 4) is 0 Å². The van der Waals surface area contributed by atoms with Gasteiger partial charge in [-0.3, -0.25) is 9.69 Å². The number of carbonyl (C=O) groups excluding carboxylic acids is 1. The van der Waals surface area contributed by atoms with Gasteiger partial charge in [-0.05, 0) is 31.5 Å². The normalized spacial score (nSPS) is 12.4. The van der Waals surface area contributed by atoms with Gasteiger partial charge in [0.25, 0.3) is 0 Å². The highest BCUT2D eigenvalue weighted by atomic mass is 35.5. The van der Waals surface area contributed by atoms with E-state index < -0.39 is 0 Å². The quantitative estimate of drug-likeness (QED) is 0.724. The first-order valence-corrected chi connectivity index (χ1v) is 7.43. The molecule has 0 aromatic heterocycles. The van der Waals surface area contributed by atoms with Crippen molar-refractivity contribution in [2.75, 3.05) is 37.9 Å². The molecule has 1 aromatic carbocycles. The molecule has 0 spiro atoms. The molecule has 1 unspecified atom stereocenters. The van der Waals surface area contributed by atoms with E-state index in [-0.39, 0.29) is 5.91 Å². The average molecular weight is 314 g/mol. The molecule has 0 radical (unpaired) electrons. The number of hydrogen-bond donors (Lipinski definition) is 2. The Balaban J connectivity index is 2.66. The molecule has 0 aliphatic heterocycles. The fourth-order valence-corrected chi connectivity index (χ4v) is 2.11. The number of methoxy groups -OCH3 is 1. The Hall–Kier alpha value is -1.30. The van der Waals surface area contributed by atoms with Crippen LogP contribution < -0.4 is 11.1 Å². The van der Waals surface area contributed by atoms with Crippen LogP contribution in [0.1, 0.15) is 20.3 Å². The molecule has 0 saturated carbocycles. The number of nitrogens with zero attached hydrogens (tertiary/aromatic N) is 1. The van der Waals surface area contributed by atoms with Crippen molar-refractivity contribution in [2.24, 2.45) is 0 Å². The van der Waals surface area contributed by atoms with Crippen LogP contribution in [-0.2, 0) is 9.53 Å². The third kappa shape index (κ3) is 5.91. The molecule has 0 fully saturated rings. The molecule has 0 saturated heterocycles. The third-order valence-electron chi connectivity index (χ3n) is 3.43. The van der Waals surface area contributed by atoms with Crippen LogP contribution in [0, 0.1) is 0 Å². The van der Waals surface area contributed by atoms with E-state index >= 15 is 0 Å². The lowest BCUT2D eigenvalue weighted by molar-refractivity contribution is -0.118. The van der Waals surface area contributed by atoms with Gasteiger partial charge in [-0.15, -0.1) is 0 Å². The second kappa shape index (κ2) is 8.87. The van der Waals surface area contributed by atoms with Crippen LogP contribution in [0.4, 0.5) is 11.4 Å². The zero-order valence-corrected chi connectivity index (χ0v) is 13.6. The zero-order chi connectivity index (χ0) is 15.8.